The lowest BCUT2D eigenvalue weighted by Crippen LogP contribution is -2.40. The normalized spacial score (nSPS) is 55.5. The van der Waals surface area contributed by atoms with Gasteiger partial charge >= 0.3 is 0 Å². The van der Waals surface area contributed by atoms with Gasteiger partial charge < -0.3 is 26.2 Å². The summed E-state index contributed by atoms with van der Waals surface area (Å²) in [5.74, 6) is 0. The highest BCUT2D eigenvalue weighted by Crippen LogP contribution is 2.19. The molecule has 0 aromatic heterocycles. The van der Waals surface area contributed by atoms with Crippen molar-refractivity contribution >= 4 is 0 Å². The number of nitrogens with two attached hydrogens (primary N) is 1. The summed E-state index contributed by atoms with van der Waals surface area (Å²) in [7, 11) is 0. The van der Waals surface area contributed by atoms with E-state index >= 15 is 0 Å². The Morgan fingerprint density at radius 2 is 1.00 bits per heavy atom. The van der Waals surface area contributed by atoms with Gasteiger partial charge in [-0.25, -0.2) is 0 Å². The van der Waals surface area contributed by atoms with Crippen LogP contribution in [0.3, 0.4) is 0 Å². The minimum absolute atomic E-state index is 0.954. The molecular weight excluding hydrogens is 138 g/mol. The summed E-state index contributed by atoms with van der Waals surface area (Å²) in [6.07, 6.45) is -5.12. The van der Waals surface area contributed by atoms with Crippen LogP contribution in [-0.4, -0.2) is 50.9 Å². The monoisotopic (exact) mass is 149 g/mol. The average Bonchev–Trinajstić information content (AvgIpc) is 2.07. The van der Waals surface area contributed by atoms with Gasteiger partial charge in [0.1, 0.15) is 24.4 Å². The van der Waals surface area contributed by atoms with Gasteiger partial charge in [0.15, 0.2) is 0 Å². The predicted molar refractivity (Wildman–Crippen MR) is 32.0 cm³/mol. The van der Waals surface area contributed by atoms with Crippen molar-refractivity contribution in [3.8, 4) is 0 Å². The molecule has 0 aromatic rings. The van der Waals surface area contributed by atoms with Crippen LogP contribution in [0.4, 0.5) is 0 Å². The Bertz CT molecular complexity index is 86.0. The predicted octanol–water partition coefficient (Wildman–Crippen LogP) is -3.23. The van der Waals surface area contributed by atoms with Gasteiger partial charge in [-0.3, -0.25) is 0 Å². The molecule has 0 bridgehead atoms. The Balaban J connectivity index is 2.68. The minimum atomic E-state index is -1.33. The molecule has 0 spiro atoms. The van der Waals surface area contributed by atoms with Gasteiger partial charge in [0, 0.05) is 0 Å². The van der Waals surface area contributed by atoms with E-state index in [9.17, 15) is 0 Å². The first kappa shape index (κ1) is 7.90. The van der Waals surface area contributed by atoms with Gasteiger partial charge in [-0.05, 0) is 0 Å². The Morgan fingerprint density at radius 1 is 0.700 bits per heavy atom. The van der Waals surface area contributed by atoms with Gasteiger partial charge in [0.2, 0.25) is 0 Å². The van der Waals surface area contributed by atoms with Crippen molar-refractivity contribution in [3.63, 3.8) is 0 Å². The maximum absolute atomic E-state index is 8.91. The molecule has 60 valence electrons. The van der Waals surface area contributed by atoms with E-state index in [-0.39, 0.29) is 0 Å². The summed E-state index contributed by atoms with van der Waals surface area (Å²) in [5, 5.41) is 35.6. The molecule has 0 aliphatic heterocycles. The molecule has 0 aromatic carbocycles. The first-order valence-corrected chi connectivity index (χ1v) is 3.03. The van der Waals surface area contributed by atoms with E-state index in [0.717, 1.165) is 0 Å². The Hall–Kier alpha value is -0.200. The Kier molecular flexibility index (Phi) is 1.93. The molecule has 1 saturated carbocycles. The quantitative estimate of drug-likeness (QED) is 0.249. The fourth-order valence-corrected chi connectivity index (χ4v) is 1.06. The molecule has 4 unspecified atom stereocenters. The molecule has 10 heavy (non-hydrogen) atoms. The largest absolute Gasteiger partial charge is 0.389 e. The third-order valence-electron chi connectivity index (χ3n) is 1.84. The van der Waals surface area contributed by atoms with Crippen LogP contribution in [0.1, 0.15) is 0 Å². The fourth-order valence-electron chi connectivity index (χ4n) is 1.06. The van der Waals surface area contributed by atoms with Crippen molar-refractivity contribution in [2.45, 2.75) is 30.5 Å². The minimum Gasteiger partial charge on any atom is -0.389 e. The molecule has 5 nitrogen and oxygen atoms in total. The van der Waals surface area contributed by atoms with E-state index in [1.165, 1.54) is 0 Å². The Labute approximate surface area is 57.7 Å². The van der Waals surface area contributed by atoms with Crippen LogP contribution in [0, 0.1) is 0 Å². The SMILES string of the molecule is NC1C(O)C(O)C(O)C1O. The lowest BCUT2D eigenvalue weighted by molar-refractivity contribution is -0.0413. The zero-order valence-electron chi connectivity index (χ0n) is 5.25. The number of rotatable bonds is 0. The van der Waals surface area contributed by atoms with Crippen molar-refractivity contribution in [3.05, 3.63) is 0 Å². The van der Waals surface area contributed by atoms with Crippen LogP contribution < -0.4 is 5.73 Å². The lowest BCUT2D eigenvalue weighted by Gasteiger charge is -2.11. The maximum Gasteiger partial charge on any atom is 0.110 e. The van der Waals surface area contributed by atoms with E-state index in [1.807, 2.05) is 0 Å². The van der Waals surface area contributed by atoms with E-state index in [4.69, 9.17) is 26.2 Å². The molecule has 0 radical (unpaired) electrons. The smallest absolute Gasteiger partial charge is 0.110 e. The zero-order valence-corrected chi connectivity index (χ0v) is 5.25. The molecule has 1 fully saturated rings. The Morgan fingerprint density at radius 3 is 1.10 bits per heavy atom. The highest BCUT2D eigenvalue weighted by molar-refractivity contribution is 5.00. The van der Waals surface area contributed by atoms with Crippen molar-refractivity contribution in [2.24, 2.45) is 5.73 Å². The molecule has 6 N–H and O–H groups in total. The third-order valence-corrected chi connectivity index (χ3v) is 1.84. The van der Waals surface area contributed by atoms with E-state index in [1.54, 1.807) is 0 Å². The van der Waals surface area contributed by atoms with Gasteiger partial charge in [0.25, 0.3) is 0 Å². The van der Waals surface area contributed by atoms with Crippen LogP contribution in [0.15, 0.2) is 0 Å². The second kappa shape index (κ2) is 2.44. The van der Waals surface area contributed by atoms with Crippen molar-refractivity contribution in [1.82, 2.24) is 0 Å². The number of hydrogen-bond donors (Lipinski definition) is 5. The number of aliphatic hydroxyl groups is 4. The summed E-state index contributed by atoms with van der Waals surface area (Å²) >= 11 is 0. The van der Waals surface area contributed by atoms with Crippen molar-refractivity contribution in [2.75, 3.05) is 0 Å². The summed E-state index contributed by atoms with van der Waals surface area (Å²) in [6.45, 7) is 0. The van der Waals surface area contributed by atoms with Gasteiger partial charge in [0.05, 0.1) is 6.04 Å². The van der Waals surface area contributed by atoms with Crippen molar-refractivity contribution in [1.29, 1.82) is 0 Å². The second-order valence-electron chi connectivity index (χ2n) is 2.54. The van der Waals surface area contributed by atoms with E-state index < -0.39 is 30.5 Å². The van der Waals surface area contributed by atoms with Crippen LogP contribution in [-0.2, 0) is 0 Å². The molecule has 4 atom stereocenters. The summed E-state index contributed by atoms with van der Waals surface area (Å²) < 4.78 is 0. The third kappa shape index (κ3) is 0.920. The van der Waals surface area contributed by atoms with Gasteiger partial charge in [-0.1, -0.05) is 0 Å². The standard InChI is InChI=1S/C5H11NO4/c6-1-2(7)4(9)5(10)3(1)8/h1-5,7-10H,6H2. The van der Waals surface area contributed by atoms with Crippen LogP contribution >= 0.6 is 0 Å². The molecular formula is C5H11NO4. The number of hydrogen-bond acceptors (Lipinski definition) is 5. The molecule has 1 aliphatic rings. The first-order chi connectivity index (χ1) is 4.55. The molecule has 1 rings (SSSR count). The molecule has 0 saturated heterocycles. The highest BCUT2D eigenvalue weighted by Gasteiger charge is 2.46. The number of aliphatic hydroxyl groups excluding tert-OH is 4. The summed E-state index contributed by atoms with van der Waals surface area (Å²) in [5.41, 5.74) is 5.18. The topological polar surface area (TPSA) is 107 Å². The van der Waals surface area contributed by atoms with Crippen molar-refractivity contribution < 1.29 is 20.4 Å². The highest BCUT2D eigenvalue weighted by atomic mass is 16.4. The summed E-state index contributed by atoms with van der Waals surface area (Å²) in [6, 6.07) is -0.954. The lowest BCUT2D eigenvalue weighted by atomic mass is 10.2. The molecule has 5 heteroatoms. The molecule has 0 heterocycles. The van der Waals surface area contributed by atoms with E-state index in [0.29, 0.717) is 0 Å². The van der Waals surface area contributed by atoms with Crippen LogP contribution in [0.2, 0.25) is 0 Å². The zero-order chi connectivity index (χ0) is 7.89. The van der Waals surface area contributed by atoms with E-state index in [2.05, 4.69) is 0 Å². The van der Waals surface area contributed by atoms with Crippen LogP contribution in [0.25, 0.3) is 0 Å². The second-order valence-corrected chi connectivity index (χ2v) is 2.54. The molecule has 0 amide bonds. The average molecular weight is 149 g/mol. The van der Waals surface area contributed by atoms with Gasteiger partial charge in [-0.2, -0.15) is 0 Å². The van der Waals surface area contributed by atoms with Crippen LogP contribution in [0.5, 0.6) is 0 Å². The fraction of sp³-hybridized carbons (Fsp3) is 1.00. The maximum atomic E-state index is 8.91. The first-order valence-electron chi connectivity index (χ1n) is 3.03. The van der Waals surface area contributed by atoms with Gasteiger partial charge in [-0.15, -0.1) is 0 Å². The summed E-state index contributed by atoms with van der Waals surface area (Å²) in [4.78, 5) is 0. The molecule has 1 aliphatic carbocycles.